The van der Waals surface area contributed by atoms with E-state index in [4.69, 9.17) is 0 Å². The van der Waals surface area contributed by atoms with Gasteiger partial charge in [-0.25, -0.2) is 0 Å². The number of carbonyl (C=O) groups excluding carboxylic acids is 2. The van der Waals surface area contributed by atoms with E-state index in [2.05, 4.69) is 39.4 Å². The molecule has 2 saturated heterocycles. The molecule has 1 aliphatic carbocycles. The summed E-state index contributed by atoms with van der Waals surface area (Å²) in [5.74, 6) is 1.91. The molecule has 2 amide bonds. The third-order valence-corrected chi connectivity index (χ3v) is 7.50. The van der Waals surface area contributed by atoms with E-state index in [0.29, 0.717) is 24.8 Å². The van der Waals surface area contributed by atoms with E-state index in [9.17, 15) is 9.59 Å². The molecule has 0 atom stereocenters. The van der Waals surface area contributed by atoms with Crippen LogP contribution in [0, 0.1) is 11.8 Å². The monoisotopic (exact) mass is 439 g/mol. The van der Waals surface area contributed by atoms with Gasteiger partial charge < -0.3 is 10.2 Å². The second-order valence-electron chi connectivity index (χ2n) is 10.3. The molecule has 0 spiro atoms. The Morgan fingerprint density at radius 1 is 0.812 bits per heavy atom. The molecule has 5 heteroatoms. The number of nitrogens with zero attached hydrogens (tertiary/aromatic N) is 2. The Kier molecular flexibility index (Phi) is 8.61. The summed E-state index contributed by atoms with van der Waals surface area (Å²) < 4.78 is 0. The van der Waals surface area contributed by atoms with Gasteiger partial charge in [-0.15, -0.1) is 0 Å². The lowest BCUT2D eigenvalue weighted by molar-refractivity contribution is -0.133. The van der Waals surface area contributed by atoms with Crippen molar-refractivity contribution in [1.29, 1.82) is 0 Å². The molecule has 1 N–H and O–H groups in total. The summed E-state index contributed by atoms with van der Waals surface area (Å²) in [6.45, 7) is 5.47. The molecular formula is C27H41N3O2. The first-order valence-corrected chi connectivity index (χ1v) is 13.0. The molecule has 2 heterocycles. The average Bonchev–Trinajstić information content (AvgIpc) is 3.66. The number of hydrogen-bond donors (Lipinski definition) is 1. The fraction of sp³-hybridized carbons (Fsp3) is 0.704. The van der Waals surface area contributed by atoms with E-state index in [-0.39, 0.29) is 5.91 Å². The summed E-state index contributed by atoms with van der Waals surface area (Å²) in [6, 6.07) is 8.83. The normalized spacial score (nSPS) is 20.7. The number of hydrogen-bond acceptors (Lipinski definition) is 3. The molecule has 3 fully saturated rings. The molecule has 4 rings (SSSR count). The maximum atomic E-state index is 12.7. The van der Waals surface area contributed by atoms with Crippen molar-refractivity contribution in [3.63, 3.8) is 0 Å². The number of piperidine rings is 1. The van der Waals surface area contributed by atoms with Crippen LogP contribution >= 0.6 is 0 Å². The Balaban J connectivity index is 1.13. The fourth-order valence-corrected chi connectivity index (χ4v) is 5.07. The Morgan fingerprint density at radius 2 is 1.47 bits per heavy atom. The van der Waals surface area contributed by atoms with Gasteiger partial charge in [0.1, 0.15) is 0 Å². The lowest BCUT2D eigenvalue weighted by Crippen LogP contribution is -2.44. The van der Waals surface area contributed by atoms with Gasteiger partial charge in [0, 0.05) is 26.1 Å². The Labute approximate surface area is 193 Å². The predicted molar refractivity (Wildman–Crippen MR) is 128 cm³/mol. The van der Waals surface area contributed by atoms with Crippen LogP contribution < -0.4 is 5.32 Å². The molecule has 0 unspecified atom stereocenters. The number of carbonyl (C=O) groups is 2. The number of aryl methyl sites for hydroxylation is 1. The maximum Gasteiger partial charge on any atom is 0.236 e. The Morgan fingerprint density at radius 3 is 2.12 bits per heavy atom. The van der Waals surface area contributed by atoms with Crippen LogP contribution in [0.2, 0.25) is 0 Å². The van der Waals surface area contributed by atoms with Crippen LogP contribution in [-0.2, 0) is 22.4 Å². The van der Waals surface area contributed by atoms with Crippen LogP contribution in [0.3, 0.4) is 0 Å². The molecule has 0 bridgehead atoms. The molecule has 0 aromatic heterocycles. The summed E-state index contributed by atoms with van der Waals surface area (Å²) in [5, 5.41) is 3.05. The van der Waals surface area contributed by atoms with E-state index >= 15 is 0 Å². The number of benzene rings is 1. The topological polar surface area (TPSA) is 52.7 Å². The van der Waals surface area contributed by atoms with Gasteiger partial charge in [-0.3, -0.25) is 14.5 Å². The molecule has 2 aliphatic heterocycles. The van der Waals surface area contributed by atoms with Gasteiger partial charge in [0.15, 0.2) is 0 Å². The summed E-state index contributed by atoms with van der Waals surface area (Å²) in [4.78, 5) is 29.1. The summed E-state index contributed by atoms with van der Waals surface area (Å²) in [6.07, 6.45) is 12.3. The van der Waals surface area contributed by atoms with Crippen molar-refractivity contribution in [3.05, 3.63) is 35.4 Å². The van der Waals surface area contributed by atoms with E-state index in [1.807, 2.05) is 0 Å². The SMILES string of the molecule is O=C(CCc1ccc(CC2CCN(C(=O)CN3CCCCCC3)CC2)cc1)NCC1CC1. The van der Waals surface area contributed by atoms with Crippen molar-refractivity contribution >= 4 is 11.8 Å². The Bertz CT molecular complexity index is 728. The van der Waals surface area contributed by atoms with Gasteiger partial charge in [-0.2, -0.15) is 0 Å². The Hall–Kier alpha value is -1.88. The van der Waals surface area contributed by atoms with Gasteiger partial charge in [-0.1, -0.05) is 37.1 Å². The van der Waals surface area contributed by atoms with Crippen LogP contribution in [0.15, 0.2) is 24.3 Å². The largest absolute Gasteiger partial charge is 0.356 e. The quantitative estimate of drug-likeness (QED) is 0.637. The van der Waals surface area contributed by atoms with Crippen molar-refractivity contribution in [3.8, 4) is 0 Å². The smallest absolute Gasteiger partial charge is 0.236 e. The minimum atomic E-state index is 0.179. The minimum Gasteiger partial charge on any atom is -0.356 e. The van der Waals surface area contributed by atoms with Crippen molar-refractivity contribution in [1.82, 2.24) is 15.1 Å². The minimum absolute atomic E-state index is 0.179. The molecule has 1 aromatic carbocycles. The fourth-order valence-electron chi connectivity index (χ4n) is 5.07. The van der Waals surface area contributed by atoms with Crippen molar-refractivity contribution in [2.24, 2.45) is 11.8 Å². The van der Waals surface area contributed by atoms with Crippen LogP contribution in [-0.4, -0.2) is 60.9 Å². The van der Waals surface area contributed by atoms with Gasteiger partial charge in [0.2, 0.25) is 11.8 Å². The summed E-state index contributed by atoms with van der Waals surface area (Å²) >= 11 is 0. The molecular weight excluding hydrogens is 398 g/mol. The standard InChI is InChI=1S/C27H41N3O2/c31-26(28-20-25-9-10-25)12-11-22-5-7-23(8-6-22)19-24-13-17-30(18-14-24)27(32)21-29-15-3-1-2-4-16-29/h5-8,24-25H,1-4,9-21H2,(H,28,31). The van der Waals surface area contributed by atoms with E-state index < -0.39 is 0 Å². The zero-order valence-corrected chi connectivity index (χ0v) is 19.7. The van der Waals surface area contributed by atoms with E-state index in [1.54, 1.807) is 0 Å². The molecule has 0 radical (unpaired) electrons. The summed E-state index contributed by atoms with van der Waals surface area (Å²) in [7, 11) is 0. The van der Waals surface area contributed by atoms with Crippen molar-refractivity contribution < 1.29 is 9.59 Å². The van der Waals surface area contributed by atoms with Crippen LogP contribution in [0.1, 0.15) is 68.9 Å². The second kappa shape index (κ2) is 11.8. The highest BCUT2D eigenvalue weighted by atomic mass is 16.2. The van der Waals surface area contributed by atoms with Crippen LogP contribution in [0.25, 0.3) is 0 Å². The van der Waals surface area contributed by atoms with Gasteiger partial charge in [0.25, 0.3) is 0 Å². The average molecular weight is 440 g/mol. The number of likely N-dealkylation sites (tertiary alicyclic amines) is 2. The molecule has 1 saturated carbocycles. The highest BCUT2D eigenvalue weighted by Crippen LogP contribution is 2.27. The number of nitrogens with one attached hydrogen (secondary N) is 1. The zero-order valence-electron chi connectivity index (χ0n) is 19.7. The lowest BCUT2D eigenvalue weighted by atomic mass is 9.89. The lowest BCUT2D eigenvalue weighted by Gasteiger charge is -2.33. The van der Waals surface area contributed by atoms with Gasteiger partial charge in [0.05, 0.1) is 6.54 Å². The second-order valence-corrected chi connectivity index (χ2v) is 10.3. The number of amides is 2. The van der Waals surface area contributed by atoms with Gasteiger partial charge >= 0.3 is 0 Å². The van der Waals surface area contributed by atoms with E-state index in [0.717, 1.165) is 64.3 Å². The van der Waals surface area contributed by atoms with E-state index in [1.165, 1.54) is 49.7 Å². The zero-order chi connectivity index (χ0) is 22.2. The molecule has 1 aromatic rings. The van der Waals surface area contributed by atoms with Crippen LogP contribution in [0.5, 0.6) is 0 Å². The first-order chi connectivity index (χ1) is 15.7. The molecule has 32 heavy (non-hydrogen) atoms. The maximum absolute atomic E-state index is 12.7. The first-order valence-electron chi connectivity index (χ1n) is 13.0. The number of rotatable bonds is 9. The highest BCUT2D eigenvalue weighted by Gasteiger charge is 2.24. The van der Waals surface area contributed by atoms with Crippen LogP contribution in [0.4, 0.5) is 0 Å². The van der Waals surface area contributed by atoms with Crippen molar-refractivity contribution in [2.45, 2.75) is 70.6 Å². The highest BCUT2D eigenvalue weighted by molar-refractivity contribution is 5.78. The summed E-state index contributed by atoms with van der Waals surface area (Å²) in [5.41, 5.74) is 2.62. The third-order valence-electron chi connectivity index (χ3n) is 7.50. The predicted octanol–water partition coefficient (Wildman–Crippen LogP) is 3.80. The molecule has 176 valence electrons. The molecule has 5 nitrogen and oxygen atoms in total. The van der Waals surface area contributed by atoms with Crippen molar-refractivity contribution in [2.75, 3.05) is 39.3 Å². The third kappa shape index (κ3) is 7.61. The van der Waals surface area contributed by atoms with Gasteiger partial charge in [-0.05, 0) is 87.4 Å². The molecule has 3 aliphatic rings. The first kappa shape index (κ1) is 23.3.